The van der Waals surface area contributed by atoms with E-state index in [4.69, 9.17) is 14.5 Å². The topological polar surface area (TPSA) is 84.2 Å². The van der Waals surface area contributed by atoms with Crippen molar-refractivity contribution in [2.24, 2.45) is 0 Å². The van der Waals surface area contributed by atoms with Crippen molar-refractivity contribution >= 4 is 23.4 Å². The van der Waals surface area contributed by atoms with Gasteiger partial charge in [-0.15, -0.1) is 11.8 Å². The number of ether oxygens (including phenoxy) is 2. The zero-order valence-corrected chi connectivity index (χ0v) is 22.7. The molecule has 0 saturated heterocycles. The van der Waals surface area contributed by atoms with E-state index >= 15 is 0 Å². The number of hydrogen-bond acceptors (Lipinski definition) is 6. The third kappa shape index (κ3) is 5.99. The molecule has 4 rings (SSSR count). The SMILES string of the molecule is COc1ccc(OC)c(-c2cc(-c3ccccc3)nc(SCCC(=O)Nc3cccc(C)c3C)c2C#N)c1. The molecule has 1 heterocycles. The van der Waals surface area contributed by atoms with Crippen molar-refractivity contribution in [2.75, 3.05) is 25.3 Å². The van der Waals surface area contributed by atoms with Crippen molar-refractivity contribution in [1.82, 2.24) is 4.98 Å². The lowest BCUT2D eigenvalue weighted by molar-refractivity contribution is -0.115. The van der Waals surface area contributed by atoms with Gasteiger partial charge >= 0.3 is 0 Å². The van der Waals surface area contributed by atoms with E-state index in [1.54, 1.807) is 14.2 Å². The second-order valence-corrected chi connectivity index (χ2v) is 9.76. The van der Waals surface area contributed by atoms with Crippen LogP contribution in [0.3, 0.4) is 0 Å². The summed E-state index contributed by atoms with van der Waals surface area (Å²) < 4.78 is 11.1. The second kappa shape index (κ2) is 12.3. The number of amides is 1. The van der Waals surface area contributed by atoms with E-state index in [1.807, 2.05) is 86.6 Å². The Balaban J connectivity index is 1.68. The molecule has 7 heteroatoms. The number of thioether (sulfide) groups is 1. The Hall–Kier alpha value is -4.28. The minimum atomic E-state index is -0.0846. The summed E-state index contributed by atoms with van der Waals surface area (Å²) in [5, 5.41) is 13.8. The van der Waals surface area contributed by atoms with E-state index in [2.05, 4.69) is 11.4 Å². The summed E-state index contributed by atoms with van der Waals surface area (Å²) in [5.41, 5.74) is 6.50. The van der Waals surface area contributed by atoms with Crippen molar-refractivity contribution in [3.05, 3.63) is 89.5 Å². The van der Waals surface area contributed by atoms with Crippen molar-refractivity contribution in [1.29, 1.82) is 5.26 Å². The maximum absolute atomic E-state index is 12.7. The third-order valence-electron chi connectivity index (χ3n) is 6.31. The summed E-state index contributed by atoms with van der Waals surface area (Å²) in [6, 6.07) is 25.4. The molecule has 0 unspecified atom stereocenters. The Bertz CT molecular complexity index is 1500. The second-order valence-electron chi connectivity index (χ2n) is 8.67. The van der Waals surface area contributed by atoms with Crippen LogP contribution < -0.4 is 14.8 Å². The summed E-state index contributed by atoms with van der Waals surface area (Å²) in [7, 11) is 3.20. The van der Waals surface area contributed by atoms with Gasteiger partial charge in [-0.05, 0) is 55.3 Å². The van der Waals surface area contributed by atoms with Crippen LogP contribution in [0.25, 0.3) is 22.4 Å². The first-order valence-corrected chi connectivity index (χ1v) is 13.2. The Morgan fingerprint density at radius 3 is 2.47 bits per heavy atom. The zero-order chi connectivity index (χ0) is 27.1. The molecule has 4 aromatic rings. The normalized spacial score (nSPS) is 10.5. The lowest BCUT2D eigenvalue weighted by Crippen LogP contribution is -2.13. The number of benzene rings is 3. The van der Waals surface area contributed by atoms with E-state index in [9.17, 15) is 10.1 Å². The smallest absolute Gasteiger partial charge is 0.225 e. The Morgan fingerprint density at radius 2 is 1.76 bits per heavy atom. The lowest BCUT2D eigenvalue weighted by Gasteiger charge is -2.16. The standard InChI is InChI=1S/C31H29N3O3S/c1-20-9-8-12-27(21(20)2)33-30(35)15-16-38-31-26(19-32)24(18-28(34-31)22-10-6-5-7-11-22)25-17-23(36-3)13-14-29(25)37-4/h5-14,17-18H,15-16H2,1-4H3,(H,33,35). The average molecular weight is 524 g/mol. The lowest BCUT2D eigenvalue weighted by atomic mass is 9.98. The first-order valence-electron chi connectivity index (χ1n) is 12.2. The van der Waals surface area contributed by atoms with Gasteiger partial charge in [-0.1, -0.05) is 42.5 Å². The van der Waals surface area contributed by atoms with Crippen molar-refractivity contribution < 1.29 is 14.3 Å². The van der Waals surface area contributed by atoms with Gasteiger partial charge in [0.05, 0.1) is 25.5 Å². The first-order chi connectivity index (χ1) is 18.4. The van der Waals surface area contributed by atoms with Gasteiger partial charge in [-0.3, -0.25) is 4.79 Å². The highest BCUT2D eigenvalue weighted by Crippen LogP contribution is 2.40. The molecule has 1 amide bonds. The molecule has 0 fully saturated rings. The number of methoxy groups -OCH3 is 2. The molecule has 0 radical (unpaired) electrons. The van der Waals surface area contributed by atoms with Crippen LogP contribution in [0.5, 0.6) is 11.5 Å². The Labute approximate surface area is 227 Å². The summed E-state index contributed by atoms with van der Waals surface area (Å²) in [6.07, 6.45) is 0.276. The van der Waals surface area contributed by atoms with E-state index in [1.165, 1.54) is 11.8 Å². The van der Waals surface area contributed by atoms with Crippen LogP contribution >= 0.6 is 11.8 Å². The number of carbonyl (C=O) groups excluding carboxylic acids is 1. The van der Waals surface area contributed by atoms with Crippen LogP contribution in [0.15, 0.2) is 77.8 Å². The molecule has 1 aromatic heterocycles. The fourth-order valence-electron chi connectivity index (χ4n) is 4.07. The maximum Gasteiger partial charge on any atom is 0.225 e. The molecule has 0 saturated carbocycles. The molecule has 0 aliphatic heterocycles. The van der Waals surface area contributed by atoms with Crippen molar-refractivity contribution in [3.63, 3.8) is 0 Å². The van der Waals surface area contributed by atoms with E-state index in [0.29, 0.717) is 33.4 Å². The van der Waals surface area contributed by atoms with E-state index < -0.39 is 0 Å². The molecular formula is C31H29N3O3S. The number of nitrogens with one attached hydrogen (secondary N) is 1. The molecule has 1 N–H and O–H groups in total. The molecule has 3 aromatic carbocycles. The van der Waals surface area contributed by atoms with Crippen LogP contribution in [0.2, 0.25) is 0 Å². The monoisotopic (exact) mass is 523 g/mol. The van der Waals surface area contributed by atoms with E-state index in [0.717, 1.165) is 33.6 Å². The predicted molar refractivity (Wildman–Crippen MR) is 153 cm³/mol. The van der Waals surface area contributed by atoms with Crippen LogP contribution in [-0.2, 0) is 4.79 Å². The molecular weight excluding hydrogens is 494 g/mol. The number of nitriles is 1. The fourth-order valence-corrected chi connectivity index (χ4v) is 5.01. The molecule has 38 heavy (non-hydrogen) atoms. The number of aryl methyl sites for hydroxylation is 1. The predicted octanol–water partition coefficient (Wildman–Crippen LogP) is 7.04. The number of hydrogen-bond donors (Lipinski definition) is 1. The molecule has 0 bridgehead atoms. The van der Waals surface area contributed by atoms with Crippen LogP contribution in [0.4, 0.5) is 5.69 Å². The Morgan fingerprint density at radius 1 is 0.974 bits per heavy atom. The number of pyridine rings is 1. The average Bonchev–Trinajstić information content (AvgIpc) is 2.95. The van der Waals surface area contributed by atoms with Gasteiger partial charge in [-0.25, -0.2) is 4.98 Å². The molecule has 6 nitrogen and oxygen atoms in total. The quantitative estimate of drug-likeness (QED) is 0.237. The number of anilines is 1. The van der Waals surface area contributed by atoms with Crippen molar-refractivity contribution in [2.45, 2.75) is 25.3 Å². The van der Waals surface area contributed by atoms with E-state index in [-0.39, 0.29) is 12.3 Å². The van der Waals surface area contributed by atoms with Gasteiger partial charge in [-0.2, -0.15) is 5.26 Å². The first kappa shape index (κ1) is 26.8. The summed E-state index contributed by atoms with van der Waals surface area (Å²) in [6.45, 7) is 4.01. The third-order valence-corrected chi connectivity index (χ3v) is 7.29. The zero-order valence-electron chi connectivity index (χ0n) is 21.9. The Kier molecular flexibility index (Phi) is 8.67. The van der Waals surface area contributed by atoms with Crippen molar-refractivity contribution in [3.8, 4) is 40.0 Å². The van der Waals surface area contributed by atoms with Crippen LogP contribution in [0, 0.1) is 25.2 Å². The molecule has 0 aliphatic rings. The summed E-state index contributed by atoms with van der Waals surface area (Å²) in [4.78, 5) is 17.6. The van der Waals surface area contributed by atoms with Crippen LogP contribution in [-0.4, -0.2) is 30.9 Å². The number of carbonyl (C=O) groups is 1. The summed E-state index contributed by atoms with van der Waals surface area (Å²) >= 11 is 1.39. The van der Waals surface area contributed by atoms with Gasteiger partial charge in [0.15, 0.2) is 0 Å². The molecule has 192 valence electrons. The van der Waals surface area contributed by atoms with Gasteiger partial charge in [0.2, 0.25) is 5.91 Å². The van der Waals surface area contributed by atoms with Crippen LogP contribution in [0.1, 0.15) is 23.1 Å². The van der Waals surface area contributed by atoms with Gasteiger partial charge in [0.25, 0.3) is 0 Å². The maximum atomic E-state index is 12.7. The molecule has 0 atom stereocenters. The van der Waals surface area contributed by atoms with Gasteiger partial charge in [0, 0.05) is 34.6 Å². The fraction of sp³-hybridized carbons (Fsp3) is 0.194. The van der Waals surface area contributed by atoms with Gasteiger partial charge < -0.3 is 14.8 Å². The minimum absolute atomic E-state index is 0.0846. The largest absolute Gasteiger partial charge is 0.497 e. The molecule has 0 aliphatic carbocycles. The number of aromatic nitrogens is 1. The highest BCUT2D eigenvalue weighted by molar-refractivity contribution is 7.99. The highest BCUT2D eigenvalue weighted by Gasteiger charge is 2.19. The molecule has 0 spiro atoms. The number of rotatable bonds is 9. The highest BCUT2D eigenvalue weighted by atomic mass is 32.2. The number of nitrogens with zero attached hydrogens (tertiary/aromatic N) is 2. The minimum Gasteiger partial charge on any atom is -0.497 e. The summed E-state index contributed by atoms with van der Waals surface area (Å²) in [5.74, 6) is 1.65. The van der Waals surface area contributed by atoms with Gasteiger partial charge in [0.1, 0.15) is 22.6 Å².